The number of para-hydroxylation sites is 1. The van der Waals surface area contributed by atoms with Crippen LogP contribution in [0, 0.1) is 10.1 Å². The Labute approximate surface area is 147 Å². The third kappa shape index (κ3) is 3.36. The molecule has 0 spiro atoms. The predicted octanol–water partition coefficient (Wildman–Crippen LogP) is 1.21. The predicted molar refractivity (Wildman–Crippen MR) is 86.4 cm³/mol. The molecule has 1 amide bonds. The summed E-state index contributed by atoms with van der Waals surface area (Å²) < 4.78 is 6.04. The summed E-state index contributed by atoms with van der Waals surface area (Å²) in [5.41, 5.74) is 0.747. The molecule has 3 aromatic rings. The first-order chi connectivity index (χ1) is 12.5. The summed E-state index contributed by atoms with van der Waals surface area (Å²) in [6, 6.07) is 14.3. The maximum atomic E-state index is 12.5. The van der Waals surface area contributed by atoms with Gasteiger partial charge in [0.05, 0.1) is 10.2 Å². The Morgan fingerprint density at radius 3 is 2.65 bits per heavy atom. The molecule has 1 heterocycles. The summed E-state index contributed by atoms with van der Waals surface area (Å²) in [7, 11) is 1.49. The molecular formula is C17H14N4O5. The molecule has 0 saturated carbocycles. The second-order valence-corrected chi connectivity index (χ2v) is 5.52. The average Bonchev–Trinajstić information content (AvgIpc) is 3.02. The van der Waals surface area contributed by atoms with E-state index in [1.54, 1.807) is 24.3 Å². The van der Waals surface area contributed by atoms with Gasteiger partial charge in [-0.05, 0) is 10.7 Å². The zero-order valence-electron chi connectivity index (χ0n) is 13.7. The van der Waals surface area contributed by atoms with Crippen molar-refractivity contribution in [2.45, 2.75) is 6.54 Å². The number of benzene rings is 2. The van der Waals surface area contributed by atoms with E-state index in [1.165, 1.54) is 40.9 Å². The summed E-state index contributed by atoms with van der Waals surface area (Å²) in [6.07, 6.45) is 0. The monoisotopic (exact) mass is 354 g/mol. The number of rotatable bonds is 5. The van der Waals surface area contributed by atoms with Gasteiger partial charge in [-0.1, -0.05) is 24.3 Å². The van der Waals surface area contributed by atoms with E-state index in [9.17, 15) is 20.0 Å². The first kappa shape index (κ1) is 17.1. The van der Waals surface area contributed by atoms with Crippen molar-refractivity contribution in [1.82, 2.24) is 10.2 Å². The molecule has 3 rings (SSSR count). The van der Waals surface area contributed by atoms with Crippen LogP contribution >= 0.6 is 0 Å². The number of non-ortho nitro benzene ring substituents is 1. The number of nitro groups is 1. The highest BCUT2D eigenvalue weighted by atomic mass is 16.6. The van der Waals surface area contributed by atoms with Crippen LogP contribution < -0.4 is 9.79 Å². The summed E-state index contributed by atoms with van der Waals surface area (Å²) in [6.45, 7) is -0.0707. The minimum absolute atomic E-state index is 0.0707. The van der Waals surface area contributed by atoms with Crippen LogP contribution in [-0.4, -0.2) is 28.0 Å². The minimum Gasteiger partial charge on any atom is -0.539 e. The lowest BCUT2D eigenvalue weighted by Gasteiger charge is -2.15. The van der Waals surface area contributed by atoms with E-state index >= 15 is 0 Å². The van der Waals surface area contributed by atoms with E-state index in [0.29, 0.717) is 5.69 Å². The molecule has 9 heteroatoms. The number of aromatic nitrogens is 2. The Hall–Kier alpha value is -3.75. The molecule has 0 bridgehead atoms. The molecule has 26 heavy (non-hydrogen) atoms. The molecule has 1 aromatic heterocycles. The van der Waals surface area contributed by atoms with Crippen LogP contribution in [0.2, 0.25) is 0 Å². The Bertz CT molecular complexity index is 955. The summed E-state index contributed by atoms with van der Waals surface area (Å²) >= 11 is 0. The lowest BCUT2D eigenvalue weighted by molar-refractivity contribution is -0.678. The quantitative estimate of drug-likeness (QED) is 0.386. The fourth-order valence-corrected chi connectivity index (χ4v) is 2.44. The summed E-state index contributed by atoms with van der Waals surface area (Å²) in [5, 5.41) is 26.5. The molecule has 0 fully saturated rings. The summed E-state index contributed by atoms with van der Waals surface area (Å²) in [4.78, 5) is 24.1. The van der Waals surface area contributed by atoms with Gasteiger partial charge in [0.1, 0.15) is 6.54 Å². The molecule has 0 radical (unpaired) electrons. The minimum atomic E-state index is -0.660. The van der Waals surface area contributed by atoms with E-state index in [-0.39, 0.29) is 23.5 Å². The average molecular weight is 354 g/mol. The van der Waals surface area contributed by atoms with Crippen LogP contribution in [0.25, 0.3) is 5.69 Å². The zero-order valence-corrected chi connectivity index (χ0v) is 13.7. The van der Waals surface area contributed by atoms with Crippen LogP contribution in [0.1, 0.15) is 16.1 Å². The van der Waals surface area contributed by atoms with Gasteiger partial charge >= 0.3 is 0 Å². The molecule has 0 atom stereocenters. The topological polar surface area (TPSA) is 116 Å². The van der Waals surface area contributed by atoms with Crippen molar-refractivity contribution >= 4 is 11.6 Å². The van der Waals surface area contributed by atoms with Crippen LogP contribution in [-0.2, 0) is 6.54 Å². The Morgan fingerprint density at radius 1 is 1.23 bits per heavy atom. The highest BCUT2D eigenvalue weighted by molar-refractivity contribution is 5.94. The van der Waals surface area contributed by atoms with Crippen LogP contribution in [0.4, 0.5) is 5.69 Å². The fraction of sp³-hybridized carbons (Fsp3) is 0.118. The van der Waals surface area contributed by atoms with Gasteiger partial charge < -0.3 is 14.5 Å². The van der Waals surface area contributed by atoms with Crippen molar-refractivity contribution < 1.29 is 24.0 Å². The fourth-order valence-electron chi connectivity index (χ4n) is 2.44. The van der Waals surface area contributed by atoms with E-state index in [2.05, 4.69) is 5.27 Å². The van der Waals surface area contributed by atoms with E-state index < -0.39 is 16.8 Å². The van der Waals surface area contributed by atoms with Crippen molar-refractivity contribution in [2.75, 3.05) is 7.05 Å². The maximum absolute atomic E-state index is 12.5. The normalized spacial score (nSPS) is 10.5. The van der Waals surface area contributed by atoms with E-state index in [4.69, 9.17) is 4.52 Å². The van der Waals surface area contributed by atoms with Crippen molar-refractivity contribution in [3.63, 3.8) is 0 Å². The number of hydrogen-bond acceptors (Lipinski definition) is 6. The molecule has 0 aliphatic carbocycles. The molecule has 132 valence electrons. The molecule has 0 aliphatic rings. The lowest BCUT2D eigenvalue weighted by atomic mass is 10.2. The molecular weight excluding hydrogens is 340 g/mol. The van der Waals surface area contributed by atoms with Crippen molar-refractivity contribution in [3.8, 4) is 11.6 Å². The first-order valence-corrected chi connectivity index (χ1v) is 7.60. The van der Waals surface area contributed by atoms with Crippen molar-refractivity contribution in [1.29, 1.82) is 0 Å². The van der Waals surface area contributed by atoms with Gasteiger partial charge in [0.25, 0.3) is 17.3 Å². The van der Waals surface area contributed by atoms with Gasteiger partial charge in [0, 0.05) is 36.9 Å². The molecule has 0 saturated heterocycles. The first-order valence-electron chi connectivity index (χ1n) is 7.60. The Morgan fingerprint density at radius 2 is 1.96 bits per heavy atom. The Balaban J connectivity index is 1.86. The second-order valence-electron chi connectivity index (χ2n) is 5.52. The van der Waals surface area contributed by atoms with Gasteiger partial charge in [-0.25, -0.2) is 0 Å². The SMILES string of the molecule is CN(Cc1c([O-])on[n+]1-c1ccccc1)C(=O)c1cccc([N+](=O)[O-])c1. The molecule has 9 nitrogen and oxygen atoms in total. The molecule has 0 N–H and O–H groups in total. The second kappa shape index (κ2) is 7.01. The third-order valence-electron chi connectivity index (χ3n) is 3.74. The van der Waals surface area contributed by atoms with Crippen LogP contribution in [0.3, 0.4) is 0 Å². The van der Waals surface area contributed by atoms with Gasteiger partial charge in [0.2, 0.25) is 5.69 Å². The number of nitro benzene ring substituents is 1. The molecule has 0 unspecified atom stereocenters. The smallest absolute Gasteiger partial charge is 0.270 e. The number of carbonyl (C=O) groups is 1. The van der Waals surface area contributed by atoms with Crippen molar-refractivity contribution in [3.05, 3.63) is 76.0 Å². The molecule has 0 aliphatic heterocycles. The molecule has 2 aromatic carbocycles. The number of hydrogen-bond donors (Lipinski definition) is 0. The zero-order chi connectivity index (χ0) is 18.7. The van der Waals surface area contributed by atoms with E-state index in [1.807, 2.05) is 6.07 Å². The number of carbonyl (C=O) groups excluding carboxylic acids is 1. The standard InChI is InChI=1S/C17H14N4O5/c1-19(16(22)12-6-5-9-14(10-12)21(24)25)11-15-17(23)26-18-20(15)13-7-3-2-4-8-13/h2-10H,11H2,1H3. The van der Waals surface area contributed by atoms with Gasteiger partial charge in [-0.3, -0.25) is 14.9 Å². The summed E-state index contributed by atoms with van der Waals surface area (Å²) in [5.74, 6) is -1.12. The highest BCUT2D eigenvalue weighted by Crippen LogP contribution is 2.17. The van der Waals surface area contributed by atoms with Crippen molar-refractivity contribution in [2.24, 2.45) is 0 Å². The Kier molecular flexibility index (Phi) is 4.61. The highest BCUT2D eigenvalue weighted by Gasteiger charge is 2.24. The van der Waals surface area contributed by atoms with Gasteiger partial charge in [-0.2, -0.15) is 0 Å². The third-order valence-corrected chi connectivity index (χ3v) is 3.74. The van der Waals surface area contributed by atoms with Crippen LogP contribution in [0.5, 0.6) is 5.95 Å². The largest absolute Gasteiger partial charge is 0.539 e. The van der Waals surface area contributed by atoms with Crippen LogP contribution in [0.15, 0.2) is 59.1 Å². The number of nitrogens with zero attached hydrogens (tertiary/aromatic N) is 4. The van der Waals surface area contributed by atoms with Gasteiger partial charge in [-0.15, -0.1) is 0 Å². The maximum Gasteiger partial charge on any atom is 0.270 e. The lowest BCUT2D eigenvalue weighted by Crippen LogP contribution is -2.40. The number of amides is 1. The van der Waals surface area contributed by atoms with Gasteiger partial charge in [0.15, 0.2) is 5.95 Å². The van der Waals surface area contributed by atoms with E-state index in [0.717, 1.165) is 0 Å².